The average molecular weight is 182 g/mol. The molecule has 1 aliphatic carbocycles. The Morgan fingerprint density at radius 1 is 1.54 bits per heavy atom. The maximum absolute atomic E-state index is 10.9. The number of Topliss-reactive ketones (excluding diaryl/α,β-unsaturated/α-hetero) is 1. The molecule has 0 bridgehead atoms. The molecule has 0 N–H and O–H groups in total. The van der Waals surface area contributed by atoms with Crippen molar-refractivity contribution < 1.29 is 9.53 Å². The number of rotatable bonds is 4. The molecular formula is C11H18O2. The predicted octanol–water partition coefficient (Wildman–Crippen LogP) is 2.40. The number of hydrogen-bond acceptors (Lipinski definition) is 2. The lowest BCUT2D eigenvalue weighted by Gasteiger charge is -1.98. The highest BCUT2D eigenvalue weighted by Crippen LogP contribution is 2.60. The number of hydrogen-bond donors (Lipinski definition) is 0. The number of ketones is 1. The average Bonchev–Trinajstić information content (AvgIpc) is 2.49. The second-order valence-corrected chi connectivity index (χ2v) is 4.42. The molecule has 1 saturated carbocycles. The van der Waals surface area contributed by atoms with Crippen molar-refractivity contribution >= 4 is 5.78 Å². The molecule has 0 saturated heterocycles. The molecule has 1 rings (SSSR count). The Hall–Kier alpha value is -0.790. The minimum atomic E-state index is 0.278. The fourth-order valence-corrected chi connectivity index (χ4v) is 2.03. The molecule has 0 amide bonds. The lowest BCUT2D eigenvalue weighted by molar-refractivity contribution is -0.117. The van der Waals surface area contributed by atoms with E-state index in [1.165, 1.54) is 0 Å². The molecule has 0 spiro atoms. The first-order chi connectivity index (χ1) is 6.00. The first kappa shape index (κ1) is 10.3. The van der Waals surface area contributed by atoms with Gasteiger partial charge >= 0.3 is 0 Å². The molecule has 0 aliphatic heterocycles. The quantitative estimate of drug-likeness (QED) is 0.624. The topological polar surface area (TPSA) is 26.3 Å². The summed E-state index contributed by atoms with van der Waals surface area (Å²) < 4.78 is 4.87. The molecule has 2 unspecified atom stereocenters. The van der Waals surface area contributed by atoms with E-state index in [2.05, 4.69) is 19.9 Å². The Morgan fingerprint density at radius 2 is 2.15 bits per heavy atom. The van der Waals surface area contributed by atoms with E-state index in [0.717, 1.165) is 0 Å². The van der Waals surface area contributed by atoms with Crippen LogP contribution in [0.3, 0.4) is 0 Å². The van der Waals surface area contributed by atoms with E-state index < -0.39 is 0 Å². The van der Waals surface area contributed by atoms with Crippen LogP contribution in [-0.4, -0.2) is 12.9 Å². The number of ether oxygens (including phenoxy) is 1. The minimum absolute atomic E-state index is 0.278. The molecule has 0 heterocycles. The Labute approximate surface area is 80.0 Å². The summed E-state index contributed by atoms with van der Waals surface area (Å²) in [5, 5.41) is 0. The van der Waals surface area contributed by atoms with Gasteiger partial charge in [0.2, 0.25) is 0 Å². The Kier molecular flexibility index (Phi) is 2.79. The van der Waals surface area contributed by atoms with Crippen LogP contribution in [0.4, 0.5) is 0 Å². The zero-order valence-electron chi connectivity index (χ0n) is 8.83. The highest BCUT2D eigenvalue weighted by atomic mass is 16.5. The normalized spacial score (nSPS) is 30.5. The number of allylic oxidation sites excluding steroid dienone is 1. The molecule has 74 valence electrons. The van der Waals surface area contributed by atoms with Gasteiger partial charge < -0.3 is 9.53 Å². The zero-order valence-corrected chi connectivity index (χ0v) is 8.83. The zero-order chi connectivity index (χ0) is 10.1. The fourth-order valence-electron chi connectivity index (χ4n) is 2.03. The molecule has 2 heteroatoms. The summed E-state index contributed by atoms with van der Waals surface area (Å²) in [7, 11) is 1.64. The van der Waals surface area contributed by atoms with Gasteiger partial charge in [0.1, 0.15) is 5.78 Å². The van der Waals surface area contributed by atoms with Crippen molar-refractivity contribution in [2.75, 3.05) is 7.11 Å². The highest BCUT2D eigenvalue weighted by Gasteiger charge is 2.55. The van der Waals surface area contributed by atoms with E-state index in [1.807, 2.05) is 0 Å². The number of carbonyl (C=O) groups excluding carboxylic acids is 1. The molecule has 13 heavy (non-hydrogen) atoms. The monoisotopic (exact) mass is 182 g/mol. The van der Waals surface area contributed by atoms with E-state index in [-0.39, 0.29) is 11.2 Å². The van der Waals surface area contributed by atoms with E-state index in [1.54, 1.807) is 20.3 Å². The van der Waals surface area contributed by atoms with Crippen LogP contribution < -0.4 is 0 Å². The summed E-state index contributed by atoms with van der Waals surface area (Å²) in [5.74, 6) is 1.30. The van der Waals surface area contributed by atoms with Gasteiger partial charge in [-0.3, -0.25) is 0 Å². The van der Waals surface area contributed by atoms with Crippen LogP contribution in [0.15, 0.2) is 12.3 Å². The van der Waals surface area contributed by atoms with Crippen molar-refractivity contribution in [3.63, 3.8) is 0 Å². The van der Waals surface area contributed by atoms with Gasteiger partial charge in [0.15, 0.2) is 0 Å². The molecule has 0 aromatic heterocycles. The summed E-state index contributed by atoms with van der Waals surface area (Å²) in [4.78, 5) is 10.9. The second kappa shape index (κ2) is 3.52. The summed E-state index contributed by atoms with van der Waals surface area (Å²) in [6, 6.07) is 0. The highest BCUT2D eigenvalue weighted by molar-refractivity contribution is 5.76. The van der Waals surface area contributed by atoms with E-state index in [9.17, 15) is 4.79 Å². The van der Waals surface area contributed by atoms with Gasteiger partial charge in [-0.15, -0.1) is 0 Å². The van der Waals surface area contributed by atoms with Crippen LogP contribution in [0.5, 0.6) is 0 Å². The molecule has 0 radical (unpaired) electrons. The van der Waals surface area contributed by atoms with Crippen LogP contribution in [0.1, 0.15) is 27.2 Å². The molecule has 2 atom stereocenters. The van der Waals surface area contributed by atoms with Crippen molar-refractivity contribution in [1.29, 1.82) is 0 Å². The van der Waals surface area contributed by atoms with Crippen LogP contribution in [0, 0.1) is 17.3 Å². The predicted molar refractivity (Wildman–Crippen MR) is 52.2 cm³/mol. The van der Waals surface area contributed by atoms with Gasteiger partial charge in [0.05, 0.1) is 13.4 Å². The summed E-state index contributed by atoms with van der Waals surface area (Å²) >= 11 is 0. The Balaban J connectivity index is 2.50. The third-order valence-corrected chi connectivity index (χ3v) is 3.07. The van der Waals surface area contributed by atoms with Crippen molar-refractivity contribution in [3.8, 4) is 0 Å². The van der Waals surface area contributed by atoms with E-state index in [4.69, 9.17) is 4.74 Å². The molecule has 0 aromatic rings. The molecular weight excluding hydrogens is 164 g/mol. The minimum Gasteiger partial charge on any atom is -0.505 e. The van der Waals surface area contributed by atoms with Crippen LogP contribution >= 0.6 is 0 Å². The first-order valence-electron chi connectivity index (χ1n) is 4.69. The fraction of sp³-hybridized carbons (Fsp3) is 0.727. The molecule has 2 nitrogen and oxygen atoms in total. The Bertz CT molecular complexity index is 228. The maximum atomic E-state index is 10.9. The van der Waals surface area contributed by atoms with E-state index >= 15 is 0 Å². The maximum Gasteiger partial charge on any atom is 0.130 e. The van der Waals surface area contributed by atoms with Gasteiger partial charge in [0, 0.05) is 6.42 Å². The first-order valence-corrected chi connectivity index (χ1v) is 4.69. The SMILES string of the molecule is CO/C=C/C1C(CC(C)=O)C1(C)C. The largest absolute Gasteiger partial charge is 0.505 e. The molecule has 1 aliphatic rings. The van der Waals surface area contributed by atoms with Gasteiger partial charge in [-0.25, -0.2) is 0 Å². The van der Waals surface area contributed by atoms with Crippen molar-refractivity contribution in [3.05, 3.63) is 12.3 Å². The van der Waals surface area contributed by atoms with Crippen LogP contribution in [-0.2, 0) is 9.53 Å². The van der Waals surface area contributed by atoms with Gasteiger partial charge in [-0.2, -0.15) is 0 Å². The lowest BCUT2D eigenvalue weighted by Crippen LogP contribution is -1.96. The summed E-state index contributed by atoms with van der Waals surface area (Å²) in [6.07, 6.45) is 4.48. The smallest absolute Gasteiger partial charge is 0.130 e. The summed E-state index contributed by atoms with van der Waals surface area (Å²) in [6.45, 7) is 6.06. The Morgan fingerprint density at radius 3 is 2.62 bits per heavy atom. The lowest BCUT2D eigenvalue weighted by atomic mass is 10.1. The summed E-state index contributed by atoms with van der Waals surface area (Å²) in [5.41, 5.74) is 0.278. The number of carbonyl (C=O) groups is 1. The van der Waals surface area contributed by atoms with Crippen molar-refractivity contribution in [2.24, 2.45) is 17.3 Å². The van der Waals surface area contributed by atoms with Gasteiger partial charge in [-0.05, 0) is 30.3 Å². The van der Waals surface area contributed by atoms with Gasteiger partial charge in [0.25, 0.3) is 0 Å². The third kappa shape index (κ3) is 2.11. The van der Waals surface area contributed by atoms with Crippen LogP contribution in [0.25, 0.3) is 0 Å². The van der Waals surface area contributed by atoms with Crippen LogP contribution in [0.2, 0.25) is 0 Å². The second-order valence-electron chi connectivity index (χ2n) is 4.42. The van der Waals surface area contributed by atoms with E-state index in [0.29, 0.717) is 18.3 Å². The number of methoxy groups -OCH3 is 1. The van der Waals surface area contributed by atoms with Crippen molar-refractivity contribution in [1.82, 2.24) is 0 Å². The van der Waals surface area contributed by atoms with Gasteiger partial charge in [-0.1, -0.05) is 13.8 Å². The molecule has 0 aromatic carbocycles. The van der Waals surface area contributed by atoms with Crippen molar-refractivity contribution in [2.45, 2.75) is 27.2 Å². The molecule has 1 fully saturated rings. The standard InChI is InChI=1S/C11H18O2/c1-8(12)7-10-9(5-6-13-4)11(10,2)3/h5-6,9-10H,7H2,1-4H3/b6-5+. The third-order valence-electron chi connectivity index (χ3n) is 3.07.